The van der Waals surface area contributed by atoms with Crippen LogP contribution >= 0.6 is 0 Å². The molecule has 1 aromatic rings. The maximum absolute atomic E-state index is 11.5. The number of hydrogen-bond acceptors (Lipinski definition) is 5. The summed E-state index contributed by atoms with van der Waals surface area (Å²) in [6.07, 6.45) is 3.75. The molecule has 0 unspecified atom stereocenters. The van der Waals surface area contributed by atoms with Gasteiger partial charge in [0.2, 0.25) is 0 Å². The largest absolute Gasteiger partial charge is 0.481 e. The Morgan fingerprint density at radius 3 is 2.65 bits per heavy atom. The zero-order valence-electron chi connectivity index (χ0n) is 11.4. The maximum atomic E-state index is 11.5. The van der Waals surface area contributed by atoms with Crippen molar-refractivity contribution in [2.24, 2.45) is 5.41 Å². The Morgan fingerprint density at radius 2 is 2.20 bits per heavy atom. The fourth-order valence-electron chi connectivity index (χ4n) is 2.16. The molecule has 20 heavy (non-hydrogen) atoms. The number of carboxylic acid groups (broad SMARTS) is 1. The van der Waals surface area contributed by atoms with Crippen LogP contribution in [0, 0.1) is 5.41 Å². The van der Waals surface area contributed by atoms with E-state index in [1.807, 2.05) is 0 Å². The van der Waals surface area contributed by atoms with E-state index in [-0.39, 0.29) is 0 Å². The molecule has 1 heterocycles. The lowest BCUT2D eigenvalue weighted by Gasteiger charge is -2.37. The van der Waals surface area contributed by atoms with Gasteiger partial charge in [-0.05, 0) is 31.9 Å². The van der Waals surface area contributed by atoms with Gasteiger partial charge < -0.3 is 15.2 Å². The fourth-order valence-corrected chi connectivity index (χ4v) is 2.16. The van der Waals surface area contributed by atoms with Crippen molar-refractivity contribution in [1.29, 1.82) is 0 Å². The molecule has 0 amide bonds. The third-order valence-corrected chi connectivity index (χ3v) is 3.65. The number of pyridine rings is 1. The third-order valence-electron chi connectivity index (χ3n) is 3.65. The third kappa shape index (κ3) is 2.89. The van der Waals surface area contributed by atoms with E-state index in [1.54, 1.807) is 19.1 Å². The Labute approximate surface area is 117 Å². The van der Waals surface area contributed by atoms with E-state index in [0.717, 1.165) is 6.42 Å². The highest BCUT2D eigenvalue weighted by Crippen LogP contribution is 2.41. The molecule has 1 aliphatic carbocycles. The molecule has 1 saturated carbocycles. The van der Waals surface area contributed by atoms with E-state index in [4.69, 9.17) is 4.74 Å². The molecule has 0 aromatic carbocycles. The number of anilines is 1. The number of nitrogens with zero attached hydrogens (tertiary/aromatic N) is 1. The van der Waals surface area contributed by atoms with Crippen LogP contribution in [0.15, 0.2) is 18.3 Å². The second-order valence-corrected chi connectivity index (χ2v) is 4.95. The molecule has 0 spiro atoms. The molecule has 0 atom stereocenters. The molecule has 108 valence electrons. The van der Waals surface area contributed by atoms with Crippen molar-refractivity contribution in [3.63, 3.8) is 0 Å². The molecule has 0 aliphatic heterocycles. The van der Waals surface area contributed by atoms with Gasteiger partial charge in [0, 0.05) is 12.7 Å². The smallest absolute Gasteiger partial charge is 0.339 e. The van der Waals surface area contributed by atoms with Gasteiger partial charge in [0.25, 0.3) is 0 Å². The van der Waals surface area contributed by atoms with Crippen LogP contribution in [0.3, 0.4) is 0 Å². The van der Waals surface area contributed by atoms with Crippen LogP contribution < -0.4 is 5.32 Å². The predicted molar refractivity (Wildman–Crippen MR) is 72.6 cm³/mol. The van der Waals surface area contributed by atoms with E-state index in [1.165, 1.54) is 6.20 Å². The summed E-state index contributed by atoms with van der Waals surface area (Å²) >= 11 is 0. The van der Waals surface area contributed by atoms with Crippen molar-refractivity contribution in [2.75, 3.05) is 18.5 Å². The Kier molecular flexibility index (Phi) is 4.22. The molecule has 0 bridgehead atoms. The van der Waals surface area contributed by atoms with Crippen LogP contribution in [0.5, 0.6) is 0 Å². The summed E-state index contributed by atoms with van der Waals surface area (Å²) in [6.45, 7) is 2.42. The highest BCUT2D eigenvalue weighted by atomic mass is 16.5. The lowest BCUT2D eigenvalue weighted by Crippen LogP contribution is -2.43. The summed E-state index contributed by atoms with van der Waals surface area (Å²) in [6, 6.07) is 3.27. The van der Waals surface area contributed by atoms with E-state index in [9.17, 15) is 14.7 Å². The van der Waals surface area contributed by atoms with Crippen molar-refractivity contribution < 1.29 is 19.4 Å². The second kappa shape index (κ2) is 5.90. The number of aliphatic carboxylic acids is 1. The minimum atomic E-state index is -0.764. The SMILES string of the molecule is CCOC(=O)c1ccc(NCC2(C(=O)O)CCC2)nc1. The number of carbonyl (C=O) groups excluding carboxylic acids is 1. The summed E-state index contributed by atoms with van der Waals surface area (Å²) in [4.78, 5) is 26.8. The van der Waals surface area contributed by atoms with Crippen LogP contribution in [0.2, 0.25) is 0 Å². The Hall–Kier alpha value is -2.11. The van der Waals surface area contributed by atoms with Gasteiger partial charge in [-0.15, -0.1) is 0 Å². The highest BCUT2D eigenvalue weighted by molar-refractivity contribution is 5.89. The van der Waals surface area contributed by atoms with Gasteiger partial charge in [0.15, 0.2) is 0 Å². The van der Waals surface area contributed by atoms with Gasteiger partial charge in [-0.3, -0.25) is 4.79 Å². The molecule has 6 heteroatoms. The second-order valence-electron chi connectivity index (χ2n) is 4.95. The van der Waals surface area contributed by atoms with E-state index >= 15 is 0 Å². The molecule has 0 radical (unpaired) electrons. The van der Waals surface area contributed by atoms with Crippen LogP contribution in [-0.4, -0.2) is 35.2 Å². The van der Waals surface area contributed by atoms with Gasteiger partial charge in [-0.1, -0.05) is 6.42 Å². The summed E-state index contributed by atoms with van der Waals surface area (Å²) in [7, 11) is 0. The average Bonchev–Trinajstić information content (AvgIpc) is 2.38. The van der Waals surface area contributed by atoms with Crippen LogP contribution in [0.25, 0.3) is 0 Å². The normalized spacial score (nSPS) is 16.1. The summed E-state index contributed by atoms with van der Waals surface area (Å²) in [5.41, 5.74) is -0.282. The number of nitrogens with one attached hydrogen (secondary N) is 1. The number of carbonyl (C=O) groups is 2. The van der Waals surface area contributed by atoms with Crippen molar-refractivity contribution >= 4 is 17.8 Å². The van der Waals surface area contributed by atoms with Gasteiger partial charge in [0.1, 0.15) is 5.82 Å². The minimum Gasteiger partial charge on any atom is -0.481 e. The van der Waals surface area contributed by atoms with E-state index in [0.29, 0.717) is 37.4 Å². The molecule has 1 fully saturated rings. The number of esters is 1. The number of aromatic nitrogens is 1. The molecule has 1 aromatic heterocycles. The molecular weight excluding hydrogens is 260 g/mol. The lowest BCUT2D eigenvalue weighted by atomic mass is 9.69. The van der Waals surface area contributed by atoms with Gasteiger partial charge in [-0.25, -0.2) is 9.78 Å². The minimum absolute atomic E-state index is 0.319. The highest BCUT2D eigenvalue weighted by Gasteiger charge is 2.44. The Morgan fingerprint density at radius 1 is 1.45 bits per heavy atom. The quantitative estimate of drug-likeness (QED) is 0.773. The van der Waals surface area contributed by atoms with Crippen LogP contribution in [0.4, 0.5) is 5.82 Å². The standard InChI is InChI=1S/C14H18N2O4/c1-2-20-12(17)10-4-5-11(15-8-10)16-9-14(13(18)19)6-3-7-14/h4-5,8H,2-3,6-7,9H2,1H3,(H,15,16)(H,18,19). The molecule has 0 saturated heterocycles. The number of ether oxygens (including phenoxy) is 1. The van der Waals surface area contributed by atoms with Gasteiger partial charge in [-0.2, -0.15) is 0 Å². The number of hydrogen-bond donors (Lipinski definition) is 2. The molecular formula is C14H18N2O4. The number of carboxylic acids is 1. The molecule has 2 N–H and O–H groups in total. The lowest BCUT2D eigenvalue weighted by molar-refractivity contribution is -0.153. The van der Waals surface area contributed by atoms with Crippen molar-refractivity contribution in [2.45, 2.75) is 26.2 Å². The van der Waals surface area contributed by atoms with Crippen LogP contribution in [-0.2, 0) is 9.53 Å². The monoisotopic (exact) mass is 278 g/mol. The predicted octanol–water partition coefficient (Wildman–Crippen LogP) is 1.93. The Balaban J connectivity index is 1.94. The summed E-state index contributed by atoms with van der Waals surface area (Å²) in [5, 5.41) is 12.2. The van der Waals surface area contributed by atoms with Crippen LogP contribution in [0.1, 0.15) is 36.5 Å². The first-order valence-electron chi connectivity index (χ1n) is 6.68. The van der Waals surface area contributed by atoms with E-state index in [2.05, 4.69) is 10.3 Å². The fraction of sp³-hybridized carbons (Fsp3) is 0.500. The van der Waals surface area contributed by atoms with Crippen molar-refractivity contribution in [1.82, 2.24) is 4.98 Å². The summed E-state index contributed by atoms with van der Waals surface area (Å²) < 4.78 is 4.86. The summed E-state index contributed by atoms with van der Waals surface area (Å²) in [5.74, 6) is -0.613. The van der Waals surface area contributed by atoms with Crippen molar-refractivity contribution in [3.8, 4) is 0 Å². The molecule has 6 nitrogen and oxygen atoms in total. The Bertz CT molecular complexity index is 494. The molecule has 1 aliphatic rings. The van der Waals surface area contributed by atoms with Gasteiger partial charge in [0.05, 0.1) is 17.6 Å². The average molecular weight is 278 g/mol. The first-order chi connectivity index (χ1) is 9.57. The topological polar surface area (TPSA) is 88.5 Å². The van der Waals surface area contributed by atoms with E-state index < -0.39 is 17.4 Å². The first-order valence-corrected chi connectivity index (χ1v) is 6.68. The zero-order chi connectivity index (χ0) is 14.6. The molecule has 2 rings (SSSR count). The zero-order valence-corrected chi connectivity index (χ0v) is 11.4. The maximum Gasteiger partial charge on any atom is 0.339 e. The van der Waals surface area contributed by atoms with Crippen molar-refractivity contribution in [3.05, 3.63) is 23.9 Å². The van der Waals surface area contributed by atoms with Gasteiger partial charge >= 0.3 is 11.9 Å². The first kappa shape index (κ1) is 14.3. The number of rotatable bonds is 6.